The van der Waals surface area contributed by atoms with E-state index in [1.165, 1.54) is 11.1 Å². The van der Waals surface area contributed by atoms with Gasteiger partial charge in [0.05, 0.1) is 6.04 Å². The van der Waals surface area contributed by atoms with E-state index in [2.05, 4.69) is 14.8 Å². The molecule has 0 spiro atoms. The molecule has 0 bridgehead atoms. The fraction of sp³-hybridized carbons (Fsp3) is 0.714. The van der Waals surface area contributed by atoms with Crippen molar-refractivity contribution in [3.63, 3.8) is 0 Å². The average Bonchev–Trinajstić information content (AvgIpc) is 2.53. The Morgan fingerprint density at radius 2 is 2.33 bits per heavy atom. The number of rotatable bonds is 1. The summed E-state index contributed by atoms with van der Waals surface area (Å²) in [5, 5.41) is 7.07. The van der Waals surface area contributed by atoms with Crippen LogP contribution in [0.25, 0.3) is 0 Å². The molecule has 5 nitrogen and oxygen atoms in total. The molecule has 1 aliphatic heterocycles. The van der Waals surface area contributed by atoms with Gasteiger partial charge in [-0.2, -0.15) is 4.68 Å². The topological polar surface area (TPSA) is 60.1 Å². The Hall–Kier alpha value is -1.10. The van der Waals surface area contributed by atoms with Crippen LogP contribution in [0.3, 0.4) is 0 Å². The van der Waals surface area contributed by atoms with Crippen LogP contribution < -0.4 is 11.1 Å². The molecule has 0 amide bonds. The fourth-order valence-electron chi connectivity index (χ4n) is 1.52. The van der Waals surface area contributed by atoms with E-state index in [1.807, 2.05) is 0 Å². The lowest BCUT2D eigenvalue weighted by Crippen LogP contribution is -2.33. The maximum absolute atomic E-state index is 11.0. The quantitative estimate of drug-likeness (QED) is 0.630. The van der Waals surface area contributed by atoms with E-state index in [0.29, 0.717) is 0 Å². The number of nitrogens with zero attached hydrogens (tertiary/aromatic N) is 2. The molecule has 0 aromatic carbocycles. The molecule has 0 atom stereocenters. The highest BCUT2D eigenvalue weighted by Gasteiger charge is 2.17. The van der Waals surface area contributed by atoms with Crippen molar-refractivity contribution in [1.82, 2.24) is 15.1 Å². The van der Waals surface area contributed by atoms with Gasteiger partial charge in [-0.15, -0.1) is 5.10 Å². The van der Waals surface area contributed by atoms with Gasteiger partial charge in [0, 0.05) is 0 Å². The molecule has 1 N–H and O–H groups in total. The first-order valence-electron chi connectivity index (χ1n) is 4.11. The van der Waals surface area contributed by atoms with Crippen molar-refractivity contribution in [3.05, 3.63) is 16.9 Å². The summed E-state index contributed by atoms with van der Waals surface area (Å²) in [6, 6.07) is 0.220. The second kappa shape index (κ2) is 3.10. The third-order valence-electron chi connectivity index (χ3n) is 2.17. The first-order chi connectivity index (χ1) is 5.88. The van der Waals surface area contributed by atoms with Gasteiger partial charge in [-0.05, 0) is 25.9 Å². The minimum atomic E-state index is -0.345. The zero-order valence-corrected chi connectivity index (χ0v) is 6.69. The van der Waals surface area contributed by atoms with Crippen molar-refractivity contribution in [3.8, 4) is 0 Å². The van der Waals surface area contributed by atoms with Crippen molar-refractivity contribution in [2.24, 2.45) is 0 Å². The molecule has 1 fully saturated rings. The molecule has 0 aliphatic carbocycles. The maximum atomic E-state index is 11.0. The molecule has 12 heavy (non-hydrogen) atoms. The van der Waals surface area contributed by atoms with Crippen LogP contribution in [-0.4, -0.2) is 22.9 Å². The first kappa shape index (κ1) is 7.54. The molecule has 1 aromatic rings. The fourth-order valence-corrected chi connectivity index (χ4v) is 1.52. The van der Waals surface area contributed by atoms with Crippen LogP contribution in [0.2, 0.25) is 0 Å². The predicted octanol–water partition coefficient (Wildman–Crippen LogP) is -0.239. The van der Waals surface area contributed by atoms with Gasteiger partial charge in [0.2, 0.25) is 6.39 Å². The SMILES string of the molecule is O=c1ocnn1C1CCNCC1. The Labute approximate surface area is 69.4 Å². The zero-order valence-electron chi connectivity index (χ0n) is 6.69. The van der Waals surface area contributed by atoms with E-state index in [-0.39, 0.29) is 11.8 Å². The second-order valence-electron chi connectivity index (χ2n) is 2.93. The molecule has 2 rings (SSSR count). The van der Waals surface area contributed by atoms with Crippen molar-refractivity contribution < 1.29 is 4.42 Å². The van der Waals surface area contributed by atoms with E-state index in [1.54, 1.807) is 0 Å². The van der Waals surface area contributed by atoms with Gasteiger partial charge < -0.3 is 9.73 Å². The highest BCUT2D eigenvalue weighted by Crippen LogP contribution is 2.14. The molecule has 1 saturated heterocycles. The lowest BCUT2D eigenvalue weighted by molar-refractivity contribution is 0.323. The lowest BCUT2D eigenvalue weighted by Gasteiger charge is -2.20. The second-order valence-corrected chi connectivity index (χ2v) is 2.93. The van der Waals surface area contributed by atoms with Crippen LogP contribution >= 0.6 is 0 Å². The summed E-state index contributed by atoms with van der Waals surface area (Å²) in [6.45, 7) is 1.90. The third kappa shape index (κ3) is 1.27. The van der Waals surface area contributed by atoms with Gasteiger partial charge in [0.15, 0.2) is 0 Å². The highest BCUT2D eigenvalue weighted by molar-refractivity contribution is 4.73. The normalized spacial score (nSPS) is 19.7. The Bertz CT molecular complexity index is 298. The molecule has 5 heteroatoms. The minimum absolute atomic E-state index is 0.220. The molecule has 0 saturated carbocycles. The summed E-state index contributed by atoms with van der Waals surface area (Å²) in [5.41, 5.74) is 0. The van der Waals surface area contributed by atoms with Crippen LogP contribution in [0, 0.1) is 0 Å². The van der Waals surface area contributed by atoms with Gasteiger partial charge in [-0.25, -0.2) is 4.79 Å². The summed E-state index contributed by atoms with van der Waals surface area (Å²) >= 11 is 0. The van der Waals surface area contributed by atoms with E-state index in [4.69, 9.17) is 0 Å². The number of hydrogen-bond acceptors (Lipinski definition) is 4. The van der Waals surface area contributed by atoms with Crippen molar-refractivity contribution in [1.29, 1.82) is 0 Å². The van der Waals surface area contributed by atoms with Gasteiger partial charge in [0.25, 0.3) is 0 Å². The van der Waals surface area contributed by atoms with Crippen LogP contribution in [0.5, 0.6) is 0 Å². The summed E-state index contributed by atoms with van der Waals surface area (Å²) in [4.78, 5) is 11.0. The maximum Gasteiger partial charge on any atom is 0.437 e. The average molecular weight is 169 g/mol. The minimum Gasteiger partial charge on any atom is -0.395 e. The molecule has 1 aliphatic rings. The number of piperidine rings is 1. The largest absolute Gasteiger partial charge is 0.437 e. The molecule has 66 valence electrons. The van der Waals surface area contributed by atoms with Crippen molar-refractivity contribution >= 4 is 0 Å². The van der Waals surface area contributed by atoms with Crippen LogP contribution in [0.15, 0.2) is 15.6 Å². The lowest BCUT2D eigenvalue weighted by atomic mass is 10.1. The Morgan fingerprint density at radius 1 is 1.58 bits per heavy atom. The van der Waals surface area contributed by atoms with Crippen LogP contribution in [-0.2, 0) is 0 Å². The molecule has 1 aromatic heterocycles. The van der Waals surface area contributed by atoms with E-state index >= 15 is 0 Å². The van der Waals surface area contributed by atoms with E-state index < -0.39 is 0 Å². The van der Waals surface area contributed by atoms with Gasteiger partial charge in [-0.3, -0.25) is 0 Å². The zero-order chi connectivity index (χ0) is 8.39. The summed E-state index contributed by atoms with van der Waals surface area (Å²) in [6.07, 6.45) is 3.10. The summed E-state index contributed by atoms with van der Waals surface area (Å²) in [7, 11) is 0. The summed E-state index contributed by atoms with van der Waals surface area (Å²) in [5.74, 6) is -0.345. The van der Waals surface area contributed by atoms with Gasteiger partial charge in [0.1, 0.15) is 0 Å². The summed E-state index contributed by atoms with van der Waals surface area (Å²) < 4.78 is 6.02. The highest BCUT2D eigenvalue weighted by atomic mass is 16.4. The number of hydrogen-bond donors (Lipinski definition) is 1. The number of aromatic nitrogens is 2. The predicted molar refractivity (Wildman–Crippen MR) is 41.9 cm³/mol. The molecular weight excluding hydrogens is 158 g/mol. The van der Waals surface area contributed by atoms with Gasteiger partial charge in [-0.1, -0.05) is 0 Å². The van der Waals surface area contributed by atoms with Crippen molar-refractivity contribution in [2.45, 2.75) is 18.9 Å². The Balaban J connectivity index is 2.18. The standard InChI is InChI=1S/C7H11N3O2/c11-7-10(9-5-12-7)6-1-3-8-4-2-6/h5-6,8H,1-4H2. The molecular formula is C7H11N3O2. The molecule has 0 radical (unpaired) electrons. The number of nitrogens with one attached hydrogen (secondary N) is 1. The van der Waals surface area contributed by atoms with Crippen LogP contribution in [0.4, 0.5) is 0 Å². The van der Waals surface area contributed by atoms with Gasteiger partial charge >= 0.3 is 5.76 Å². The third-order valence-corrected chi connectivity index (χ3v) is 2.17. The smallest absolute Gasteiger partial charge is 0.395 e. The van der Waals surface area contributed by atoms with E-state index in [9.17, 15) is 4.79 Å². The molecule has 2 heterocycles. The Kier molecular flexibility index (Phi) is 1.95. The van der Waals surface area contributed by atoms with Crippen LogP contribution in [0.1, 0.15) is 18.9 Å². The first-order valence-corrected chi connectivity index (χ1v) is 4.11. The monoisotopic (exact) mass is 169 g/mol. The molecule has 0 unspecified atom stereocenters. The van der Waals surface area contributed by atoms with E-state index in [0.717, 1.165) is 25.9 Å². The Morgan fingerprint density at radius 3 is 2.92 bits per heavy atom. The van der Waals surface area contributed by atoms with Crippen molar-refractivity contribution in [2.75, 3.05) is 13.1 Å².